The number of benzene rings is 1. The van der Waals surface area contributed by atoms with Crippen LogP contribution >= 0.6 is 0 Å². The summed E-state index contributed by atoms with van der Waals surface area (Å²) in [6, 6.07) is 5.50. The zero-order valence-electron chi connectivity index (χ0n) is 22.8. The Labute approximate surface area is 226 Å². The lowest BCUT2D eigenvalue weighted by atomic mass is 9.95. The van der Waals surface area contributed by atoms with Gasteiger partial charge in [0.05, 0.1) is 33.1 Å². The van der Waals surface area contributed by atoms with E-state index < -0.39 is 18.1 Å². The van der Waals surface area contributed by atoms with Gasteiger partial charge in [0, 0.05) is 25.5 Å². The molecule has 0 radical (unpaired) electrons. The Morgan fingerprint density at radius 1 is 1.08 bits per heavy atom. The van der Waals surface area contributed by atoms with Crippen LogP contribution in [-0.4, -0.2) is 56.8 Å². The first-order valence-corrected chi connectivity index (χ1v) is 12.6. The molecule has 0 saturated carbocycles. The molecule has 2 aromatic rings. The molecule has 0 aromatic heterocycles. The second-order valence-electron chi connectivity index (χ2n) is 9.25. The molecular formula is C28H35N3O8. The Kier molecular flexibility index (Phi) is 9.75. The maximum atomic E-state index is 13.4. The van der Waals surface area contributed by atoms with Gasteiger partial charge in [0.1, 0.15) is 6.04 Å². The standard InChI is InChI=1S/C28H35N3O8/c1-15(28(36)29-12-6-7-24(34)35)30-21-11-9-18-19(14-22(21)33)20(31-16(2)32)10-8-17-13-23(37-3)26(38-4)27(39-5)25(17)18/h9,11,13-15,20H,6-8,10,12H2,1-5H3,(H,29,36)(H,30,33)(H,31,32)(H,34,35)/t15-,20-/m0/s1. The molecule has 1 aliphatic carbocycles. The third kappa shape index (κ3) is 6.78. The van der Waals surface area contributed by atoms with E-state index in [1.54, 1.807) is 26.2 Å². The van der Waals surface area contributed by atoms with Crippen LogP contribution in [0, 0.1) is 0 Å². The molecule has 2 aromatic carbocycles. The van der Waals surface area contributed by atoms with Crippen molar-refractivity contribution in [2.45, 2.75) is 51.6 Å². The van der Waals surface area contributed by atoms with Crippen LogP contribution in [-0.2, 0) is 20.8 Å². The quantitative estimate of drug-likeness (QED) is 0.315. The third-order valence-electron chi connectivity index (χ3n) is 6.55. The van der Waals surface area contributed by atoms with E-state index in [4.69, 9.17) is 19.3 Å². The fourth-order valence-electron chi connectivity index (χ4n) is 4.73. The normalized spacial score (nSPS) is 14.5. The first kappa shape index (κ1) is 29.3. The summed E-state index contributed by atoms with van der Waals surface area (Å²) >= 11 is 0. The minimum Gasteiger partial charge on any atom is -0.493 e. The van der Waals surface area contributed by atoms with Crippen molar-refractivity contribution in [3.8, 4) is 28.4 Å². The highest BCUT2D eigenvalue weighted by molar-refractivity contribution is 5.85. The molecule has 210 valence electrons. The van der Waals surface area contributed by atoms with Crippen LogP contribution in [0.25, 0.3) is 11.1 Å². The van der Waals surface area contributed by atoms with Gasteiger partial charge in [-0.05, 0) is 61.1 Å². The first-order valence-electron chi connectivity index (χ1n) is 12.6. The molecule has 4 N–H and O–H groups in total. The average molecular weight is 542 g/mol. The zero-order chi connectivity index (χ0) is 28.7. The van der Waals surface area contributed by atoms with Gasteiger partial charge in [-0.3, -0.25) is 19.2 Å². The number of amides is 2. The number of carboxylic acids is 1. The number of rotatable bonds is 11. The number of anilines is 1. The van der Waals surface area contributed by atoms with E-state index in [9.17, 15) is 19.2 Å². The number of fused-ring (bicyclic) bond motifs is 3. The molecule has 0 fully saturated rings. The molecule has 0 saturated heterocycles. The Bertz CT molecular complexity index is 1310. The predicted octanol–water partition coefficient (Wildman–Crippen LogP) is 2.64. The van der Waals surface area contributed by atoms with Gasteiger partial charge >= 0.3 is 5.97 Å². The maximum absolute atomic E-state index is 13.4. The van der Waals surface area contributed by atoms with Crippen LogP contribution in [0.2, 0.25) is 0 Å². The number of carbonyl (C=O) groups is 3. The lowest BCUT2D eigenvalue weighted by Gasteiger charge is -2.19. The van der Waals surface area contributed by atoms with Crippen molar-refractivity contribution in [3.05, 3.63) is 45.6 Å². The topological polar surface area (TPSA) is 152 Å². The van der Waals surface area contributed by atoms with Crippen molar-refractivity contribution in [1.29, 1.82) is 0 Å². The number of nitrogens with one attached hydrogen (secondary N) is 3. The second-order valence-corrected chi connectivity index (χ2v) is 9.25. The molecule has 3 rings (SSSR count). The predicted molar refractivity (Wildman–Crippen MR) is 146 cm³/mol. The number of hydrogen-bond donors (Lipinski definition) is 4. The van der Waals surface area contributed by atoms with E-state index >= 15 is 0 Å². The molecular weight excluding hydrogens is 506 g/mol. The minimum absolute atomic E-state index is 0.0517. The smallest absolute Gasteiger partial charge is 0.303 e. The van der Waals surface area contributed by atoms with Crippen molar-refractivity contribution in [1.82, 2.24) is 10.6 Å². The second kappa shape index (κ2) is 13.0. The largest absolute Gasteiger partial charge is 0.493 e. The lowest BCUT2D eigenvalue weighted by Crippen LogP contribution is -2.38. The number of aryl methyl sites for hydroxylation is 1. The van der Waals surface area contributed by atoms with Gasteiger partial charge in [-0.1, -0.05) is 6.07 Å². The summed E-state index contributed by atoms with van der Waals surface area (Å²) in [6.07, 6.45) is 1.35. The van der Waals surface area contributed by atoms with E-state index in [2.05, 4.69) is 16.0 Å². The fourth-order valence-corrected chi connectivity index (χ4v) is 4.73. The van der Waals surface area contributed by atoms with Crippen LogP contribution < -0.4 is 35.6 Å². The molecule has 11 heteroatoms. The van der Waals surface area contributed by atoms with E-state index in [1.165, 1.54) is 27.2 Å². The molecule has 39 heavy (non-hydrogen) atoms. The summed E-state index contributed by atoms with van der Waals surface area (Å²) in [7, 11) is 4.58. The lowest BCUT2D eigenvalue weighted by molar-refractivity contribution is -0.137. The Morgan fingerprint density at radius 2 is 1.79 bits per heavy atom. The summed E-state index contributed by atoms with van der Waals surface area (Å²) < 4.78 is 16.9. The number of methoxy groups -OCH3 is 3. The van der Waals surface area contributed by atoms with Crippen molar-refractivity contribution in [3.63, 3.8) is 0 Å². The highest BCUT2D eigenvalue weighted by Gasteiger charge is 2.29. The Balaban J connectivity index is 2.09. The van der Waals surface area contributed by atoms with E-state index in [0.717, 1.165) is 11.1 Å². The van der Waals surface area contributed by atoms with E-state index in [1.807, 2.05) is 6.07 Å². The monoisotopic (exact) mass is 541 g/mol. The third-order valence-corrected chi connectivity index (χ3v) is 6.55. The molecule has 2 amide bonds. The summed E-state index contributed by atoms with van der Waals surface area (Å²) in [5.74, 6) is -0.183. The van der Waals surface area contributed by atoms with Crippen LogP contribution in [0.5, 0.6) is 17.2 Å². The van der Waals surface area contributed by atoms with Gasteiger partial charge in [-0.2, -0.15) is 0 Å². The van der Waals surface area contributed by atoms with E-state index in [0.29, 0.717) is 47.6 Å². The van der Waals surface area contributed by atoms with Gasteiger partial charge in [-0.25, -0.2) is 0 Å². The average Bonchev–Trinajstić information content (AvgIpc) is 3.13. The van der Waals surface area contributed by atoms with Crippen LogP contribution in [0.1, 0.15) is 50.3 Å². The first-order chi connectivity index (χ1) is 18.6. The summed E-state index contributed by atoms with van der Waals surface area (Å²) in [6.45, 7) is 3.24. The molecule has 1 aliphatic rings. The highest BCUT2D eigenvalue weighted by Crippen LogP contribution is 2.50. The minimum atomic E-state index is -0.935. The number of aliphatic carboxylic acids is 1. The number of hydrogen-bond acceptors (Lipinski definition) is 8. The molecule has 11 nitrogen and oxygen atoms in total. The summed E-state index contributed by atoms with van der Waals surface area (Å²) in [5, 5.41) is 17.3. The van der Waals surface area contributed by atoms with Gasteiger partial charge < -0.3 is 35.3 Å². The van der Waals surface area contributed by atoms with E-state index in [-0.39, 0.29) is 35.9 Å². The molecule has 0 spiro atoms. The summed E-state index contributed by atoms with van der Waals surface area (Å²) in [4.78, 5) is 48.7. The van der Waals surface area contributed by atoms with Crippen LogP contribution in [0.4, 0.5) is 5.69 Å². The zero-order valence-corrected chi connectivity index (χ0v) is 22.8. The van der Waals surface area contributed by atoms with Gasteiger partial charge in [0.2, 0.25) is 23.0 Å². The molecule has 0 bridgehead atoms. The summed E-state index contributed by atoms with van der Waals surface area (Å²) in [5.41, 5.74) is 2.75. The van der Waals surface area contributed by atoms with Crippen LogP contribution in [0.15, 0.2) is 29.1 Å². The highest BCUT2D eigenvalue weighted by atomic mass is 16.5. The fraction of sp³-hybridized carbons (Fsp3) is 0.429. The molecule has 0 heterocycles. The van der Waals surface area contributed by atoms with Gasteiger partial charge in [0.15, 0.2) is 11.5 Å². The molecule has 0 unspecified atom stereocenters. The van der Waals surface area contributed by atoms with Crippen molar-refractivity contribution in [2.75, 3.05) is 33.2 Å². The van der Waals surface area contributed by atoms with Crippen molar-refractivity contribution in [2.24, 2.45) is 0 Å². The number of ether oxygens (including phenoxy) is 3. The van der Waals surface area contributed by atoms with Crippen molar-refractivity contribution < 1.29 is 33.7 Å². The number of carboxylic acid groups (broad SMARTS) is 1. The SMILES string of the molecule is COc1cc2c(c(OC)c1OC)-c1ccc(N[C@@H](C)C(=O)NCCCC(=O)O)c(=O)cc1[C@@H](NC(C)=O)CC2. The van der Waals surface area contributed by atoms with Crippen molar-refractivity contribution >= 4 is 23.5 Å². The molecule has 2 atom stereocenters. The molecule has 0 aliphatic heterocycles. The Morgan fingerprint density at radius 3 is 2.41 bits per heavy atom. The maximum Gasteiger partial charge on any atom is 0.303 e. The number of carbonyl (C=O) groups excluding carboxylic acids is 2. The van der Waals surface area contributed by atoms with Gasteiger partial charge in [0.25, 0.3) is 0 Å². The van der Waals surface area contributed by atoms with Crippen LogP contribution in [0.3, 0.4) is 0 Å². The Hall–Kier alpha value is -4.28. The van der Waals surface area contributed by atoms with Gasteiger partial charge in [-0.15, -0.1) is 0 Å².